The predicted octanol–water partition coefficient (Wildman–Crippen LogP) is 4.28. The SMILES string of the molecule is Cc1cc(C(=O)C2(c3ccccc3)CC2)c(C)s1. The Balaban J connectivity index is 2.01. The Morgan fingerprint density at radius 3 is 2.33 bits per heavy atom. The van der Waals surface area contributed by atoms with E-state index < -0.39 is 0 Å². The van der Waals surface area contributed by atoms with E-state index in [1.165, 1.54) is 10.4 Å². The molecule has 18 heavy (non-hydrogen) atoms. The van der Waals surface area contributed by atoms with E-state index in [2.05, 4.69) is 19.1 Å². The van der Waals surface area contributed by atoms with Gasteiger partial charge in [0.25, 0.3) is 0 Å². The molecule has 0 N–H and O–H groups in total. The summed E-state index contributed by atoms with van der Waals surface area (Å²) in [6.45, 7) is 4.11. The van der Waals surface area contributed by atoms with Gasteiger partial charge in [0.15, 0.2) is 5.78 Å². The molecule has 92 valence electrons. The van der Waals surface area contributed by atoms with E-state index in [1.54, 1.807) is 11.3 Å². The van der Waals surface area contributed by atoms with Crippen LogP contribution in [0.15, 0.2) is 36.4 Å². The van der Waals surface area contributed by atoms with Gasteiger partial charge in [-0.05, 0) is 38.3 Å². The van der Waals surface area contributed by atoms with Crippen LogP contribution in [0.1, 0.15) is 38.5 Å². The van der Waals surface area contributed by atoms with Gasteiger partial charge in [0.05, 0.1) is 5.41 Å². The first-order valence-electron chi connectivity index (χ1n) is 6.31. The second kappa shape index (κ2) is 4.06. The number of carbonyl (C=O) groups excluding carboxylic acids is 1. The van der Waals surface area contributed by atoms with Crippen molar-refractivity contribution in [3.05, 3.63) is 57.3 Å². The summed E-state index contributed by atoms with van der Waals surface area (Å²) in [5, 5.41) is 0. The van der Waals surface area contributed by atoms with Crippen molar-refractivity contribution in [3.63, 3.8) is 0 Å². The minimum Gasteiger partial charge on any atom is -0.293 e. The van der Waals surface area contributed by atoms with E-state index in [0.717, 1.165) is 23.3 Å². The molecule has 1 nitrogen and oxygen atoms in total. The van der Waals surface area contributed by atoms with Gasteiger partial charge in [-0.2, -0.15) is 0 Å². The van der Waals surface area contributed by atoms with Crippen molar-refractivity contribution in [2.45, 2.75) is 32.1 Å². The molecule has 0 radical (unpaired) electrons. The molecule has 1 aliphatic rings. The van der Waals surface area contributed by atoms with Gasteiger partial charge < -0.3 is 0 Å². The molecular weight excluding hydrogens is 240 g/mol. The zero-order valence-electron chi connectivity index (χ0n) is 10.7. The molecule has 1 aromatic carbocycles. The van der Waals surface area contributed by atoms with Crippen molar-refractivity contribution in [2.75, 3.05) is 0 Å². The van der Waals surface area contributed by atoms with Gasteiger partial charge in [0, 0.05) is 15.3 Å². The fourth-order valence-electron chi connectivity index (χ4n) is 2.64. The lowest BCUT2D eigenvalue weighted by atomic mass is 9.88. The number of rotatable bonds is 3. The minimum atomic E-state index is -0.223. The molecule has 1 heterocycles. The highest BCUT2D eigenvalue weighted by molar-refractivity contribution is 7.12. The summed E-state index contributed by atoms with van der Waals surface area (Å²) in [7, 11) is 0. The lowest BCUT2D eigenvalue weighted by Gasteiger charge is -2.14. The van der Waals surface area contributed by atoms with Crippen molar-refractivity contribution >= 4 is 17.1 Å². The highest BCUT2D eigenvalue weighted by atomic mass is 32.1. The number of hydrogen-bond donors (Lipinski definition) is 0. The standard InChI is InChI=1S/C16H16OS/c1-11-10-14(12(2)18-11)15(17)16(8-9-16)13-6-4-3-5-7-13/h3-7,10H,8-9H2,1-2H3. The lowest BCUT2D eigenvalue weighted by Crippen LogP contribution is -2.20. The molecule has 2 aromatic rings. The molecule has 0 saturated heterocycles. The van der Waals surface area contributed by atoms with Crippen LogP contribution in [0.2, 0.25) is 0 Å². The Morgan fingerprint density at radius 2 is 1.83 bits per heavy atom. The molecule has 3 rings (SSSR count). The van der Waals surface area contributed by atoms with Gasteiger partial charge >= 0.3 is 0 Å². The number of Topliss-reactive ketones (excluding diaryl/α,β-unsaturated/α-hetero) is 1. The van der Waals surface area contributed by atoms with E-state index in [4.69, 9.17) is 0 Å². The molecule has 1 aromatic heterocycles. The maximum Gasteiger partial charge on any atom is 0.174 e. The molecule has 0 atom stereocenters. The van der Waals surface area contributed by atoms with Crippen molar-refractivity contribution in [2.24, 2.45) is 0 Å². The highest BCUT2D eigenvalue weighted by Gasteiger charge is 2.51. The first-order chi connectivity index (χ1) is 8.63. The fraction of sp³-hybridized carbons (Fsp3) is 0.312. The average Bonchev–Trinajstić information content (AvgIpc) is 3.11. The lowest BCUT2D eigenvalue weighted by molar-refractivity contribution is 0.0946. The number of aryl methyl sites for hydroxylation is 2. The van der Waals surface area contributed by atoms with Crippen molar-refractivity contribution in [1.29, 1.82) is 0 Å². The first-order valence-corrected chi connectivity index (χ1v) is 7.12. The van der Waals surface area contributed by atoms with Crippen LogP contribution >= 0.6 is 11.3 Å². The van der Waals surface area contributed by atoms with Crippen molar-refractivity contribution < 1.29 is 4.79 Å². The summed E-state index contributed by atoms with van der Waals surface area (Å²) in [5.74, 6) is 0.315. The highest BCUT2D eigenvalue weighted by Crippen LogP contribution is 2.51. The predicted molar refractivity (Wildman–Crippen MR) is 75.5 cm³/mol. The van der Waals surface area contributed by atoms with Crippen LogP contribution in [0.25, 0.3) is 0 Å². The number of carbonyl (C=O) groups is 1. The van der Waals surface area contributed by atoms with E-state index in [0.29, 0.717) is 5.78 Å². The van der Waals surface area contributed by atoms with E-state index in [1.807, 2.05) is 31.2 Å². The Hall–Kier alpha value is -1.41. The van der Waals surface area contributed by atoms with Gasteiger partial charge in [-0.15, -0.1) is 11.3 Å². The quantitative estimate of drug-likeness (QED) is 0.749. The molecule has 1 saturated carbocycles. The van der Waals surface area contributed by atoms with Gasteiger partial charge in [-0.25, -0.2) is 0 Å². The van der Waals surface area contributed by atoms with Crippen LogP contribution < -0.4 is 0 Å². The molecular formula is C16H16OS. The van der Waals surface area contributed by atoms with Gasteiger partial charge in [0.1, 0.15) is 0 Å². The zero-order valence-corrected chi connectivity index (χ0v) is 11.5. The number of ketones is 1. The van der Waals surface area contributed by atoms with Crippen molar-refractivity contribution in [1.82, 2.24) is 0 Å². The molecule has 0 bridgehead atoms. The molecule has 0 aliphatic heterocycles. The number of hydrogen-bond acceptors (Lipinski definition) is 2. The molecule has 0 amide bonds. The second-order valence-corrected chi connectivity index (χ2v) is 6.56. The molecule has 1 aliphatic carbocycles. The largest absolute Gasteiger partial charge is 0.293 e. The van der Waals surface area contributed by atoms with Crippen LogP contribution in [0.5, 0.6) is 0 Å². The van der Waals surface area contributed by atoms with Crippen molar-refractivity contribution in [3.8, 4) is 0 Å². The normalized spacial score (nSPS) is 16.6. The second-order valence-electron chi connectivity index (χ2n) is 5.10. The molecule has 1 fully saturated rings. The molecule has 2 heteroatoms. The van der Waals surface area contributed by atoms with Crippen LogP contribution in [-0.4, -0.2) is 5.78 Å². The van der Waals surface area contributed by atoms with E-state index >= 15 is 0 Å². The number of thiophene rings is 1. The third kappa shape index (κ3) is 1.72. The minimum absolute atomic E-state index is 0.223. The third-order valence-electron chi connectivity index (χ3n) is 3.80. The summed E-state index contributed by atoms with van der Waals surface area (Å²) in [5.41, 5.74) is 1.89. The maximum absolute atomic E-state index is 12.8. The average molecular weight is 256 g/mol. The number of benzene rings is 1. The molecule has 0 spiro atoms. The summed E-state index contributed by atoms with van der Waals surface area (Å²) in [6, 6.07) is 12.3. The third-order valence-corrected chi connectivity index (χ3v) is 4.76. The Morgan fingerprint density at radius 1 is 1.17 bits per heavy atom. The summed E-state index contributed by atoms with van der Waals surface area (Å²) < 4.78 is 0. The fourth-order valence-corrected chi connectivity index (χ4v) is 3.56. The smallest absolute Gasteiger partial charge is 0.174 e. The van der Waals surface area contributed by atoms with Crippen LogP contribution in [-0.2, 0) is 5.41 Å². The van der Waals surface area contributed by atoms with Gasteiger partial charge in [-0.1, -0.05) is 30.3 Å². The topological polar surface area (TPSA) is 17.1 Å². The van der Waals surface area contributed by atoms with Gasteiger partial charge in [0.2, 0.25) is 0 Å². The molecule has 0 unspecified atom stereocenters. The zero-order chi connectivity index (χ0) is 12.8. The summed E-state index contributed by atoms with van der Waals surface area (Å²) in [6.07, 6.45) is 1.98. The summed E-state index contributed by atoms with van der Waals surface area (Å²) in [4.78, 5) is 15.1. The van der Waals surface area contributed by atoms with Gasteiger partial charge in [-0.3, -0.25) is 4.79 Å². The Labute approximate surface area is 111 Å². The first kappa shape index (κ1) is 11.7. The van der Waals surface area contributed by atoms with E-state index in [9.17, 15) is 4.79 Å². The Bertz CT molecular complexity index is 591. The maximum atomic E-state index is 12.8. The monoisotopic (exact) mass is 256 g/mol. The Kier molecular flexibility index (Phi) is 2.63. The van der Waals surface area contributed by atoms with Crippen LogP contribution in [0.4, 0.5) is 0 Å². The van der Waals surface area contributed by atoms with Crippen LogP contribution in [0, 0.1) is 13.8 Å². The van der Waals surface area contributed by atoms with E-state index in [-0.39, 0.29) is 5.41 Å². The summed E-state index contributed by atoms with van der Waals surface area (Å²) >= 11 is 1.72. The van der Waals surface area contributed by atoms with Crippen LogP contribution in [0.3, 0.4) is 0 Å².